The van der Waals surface area contributed by atoms with Gasteiger partial charge in [0.25, 0.3) is 0 Å². The molecular weight excluding hydrogens is 1480 g/mol. The number of rotatable bonds is 88. The van der Waals surface area contributed by atoms with Crippen molar-refractivity contribution in [1.82, 2.24) is 0 Å². The van der Waals surface area contributed by atoms with Crippen LogP contribution in [0.1, 0.15) is 406 Å². The molecule has 0 aromatic rings. The number of hydrogen-bond acceptors (Lipinski definition) is 14. The third-order valence-electron chi connectivity index (χ3n) is 19.8. The Morgan fingerprint density at radius 3 is 0.765 bits per heavy atom. The van der Waals surface area contributed by atoms with Gasteiger partial charge in [0.2, 0.25) is 0 Å². The van der Waals surface area contributed by atoms with Gasteiger partial charge in [0.15, 0.2) is 6.10 Å². The van der Waals surface area contributed by atoms with Gasteiger partial charge in [-0.05, 0) is 135 Å². The fourth-order valence-electron chi connectivity index (χ4n) is 12.8. The molecule has 0 aromatic carbocycles. The van der Waals surface area contributed by atoms with Crippen LogP contribution in [-0.2, 0) is 55.8 Å². The van der Waals surface area contributed by atoms with Crippen molar-refractivity contribution in [1.29, 1.82) is 0 Å². The van der Waals surface area contributed by atoms with Crippen LogP contribution in [0, 0.1) is 0 Å². The van der Waals surface area contributed by atoms with Gasteiger partial charge in [-0.2, -0.15) is 0 Å². The summed E-state index contributed by atoms with van der Waals surface area (Å²) in [6.07, 6.45) is 111. The Hall–Kier alpha value is -4.31. The van der Waals surface area contributed by atoms with Crippen LogP contribution in [0.15, 0.2) is 134 Å². The first kappa shape index (κ1) is 111. The summed E-state index contributed by atoms with van der Waals surface area (Å²) in [7, 11) is -9.79. The number of phosphoric acid groups is 2. The SMILES string of the molecule is CC/C=C\C/C=C\C/C=C\C/C=C\C/C=C\C/C=C\CCCCCCCCCCCCCCCCC(=O)OCC(COP(=O)(O)OCC(O)COP(=O)(O)OCC(O)COC(=O)CCCCCCCCCCCCCCCCCCCCC/C=C\C/C=C\C/C=C\C/C=C\CCCCC)OC(=O)CCCCCCC/C=C\CCCC. The van der Waals surface area contributed by atoms with E-state index in [-0.39, 0.29) is 19.3 Å². The van der Waals surface area contributed by atoms with Crippen LogP contribution in [0.3, 0.4) is 0 Å². The van der Waals surface area contributed by atoms with E-state index in [2.05, 4.69) is 154 Å². The molecule has 0 fully saturated rings. The molecule has 0 spiro atoms. The molecule has 5 unspecified atom stereocenters. The lowest BCUT2D eigenvalue weighted by Gasteiger charge is -2.21. The monoisotopic (exact) mass is 1650 g/mol. The zero-order chi connectivity index (χ0) is 83.6. The topological polar surface area (TPSA) is 231 Å². The number of carbonyl (C=O) groups excluding carboxylic acids is 3. The molecule has 115 heavy (non-hydrogen) atoms. The van der Waals surface area contributed by atoms with E-state index in [0.717, 1.165) is 141 Å². The molecule has 0 aliphatic heterocycles. The highest BCUT2D eigenvalue weighted by atomic mass is 31.2. The average molecular weight is 1650 g/mol. The Kier molecular flexibility index (Phi) is 85.6. The Balaban J connectivity index is 4.31. The lowest BCUT2D eigenvalue weighted by atomic mass is 10.0. The molecule has 0 radical (unpaired) electrons. The van der Waals surface area contributed by atoms with Gasteiger partial charge in [0.05, 0.1) is 26.4 Å². The van der Waals surface area contributed by atoms with Crippen molar-refractivity contribution in [2.45, 2.75) is 424 Å². The molecule has 0 aromatic heterocycles. The number of carbonyl (C=O) groups is 3. The number of allylic oxidation sites excluding steroid dienone is 22. The maximum Gasteiger partial charge on any atom is 0.472 e. The lowest BCUT2D eigenvalue weighted by Crippen LogP contribution is -2.30. The van der Waals surface area contributed by atoms with Gasteiger partial charge < -0.3 is 34.2 Å². The summed E-state index contributed by atoms with van der Waals surface area (Å²) in [5.74, 6) is -1.57. The van der Waals surface area contributed by atoms with Gasteiger partial charge >= 0.3 is 33.6 Å². The Bertz CT molecular complexity index is 2620. The van der Waals surface area contributed by atoms with Crippen molar-refractivity contribution in [3.8, 4) is 0 Å². The zero-order valence-electron chi connectivity index (χ0n) is 73.2. The normalized spacial score (nSPS) is 14.4. The molecule has 0 amide bonds. The first-order valence-corrected chi connectivity index (χ1v) is 49.5. The molecule has 0 saturated heterocycles. The molecule has 664 valence electrons. The number of ether oxygens (including phenoxy) is 3. The number of aliphatic hydroxyl groups is 2. The summed E-state index contributed by atoms with van der Waals surface area (Å²) in [6.45, 7) is 2.54. The Morgan fingerprint density at radius 1 is 0.252 bits per heavy atom. The zero-order valence-corrected chi connectivity index (χ0v) is 75.0. The number of aliphatic hydroxyl groups excluding tert-OH is 2. The highest BCUT2D eigenvalue weighted by molar-refractivity contribution is 7.47. The average Bonchev–Trinajstić information content (AvgIpc) is 0.899. The molecule has 0 bridgehead atoms. The van der Waals surface area contributed by atoms with Crippen LogP contribution in [0.5, 0.6) is 0 Å². The van der Waals surface area contributed by atoms with Crippen LogP contribution in [0.25, 0.3) is 0 Å². The van der Waals surface area contributed by atoms with Gasteiger partial charge in [-0.15, -0.1) is 0 Å². The van der Waals surface area contributed by atoms with E-state index >= 15 is 0 Å². The van der Waals surface area contributed by atoms with Crippen molar-refractivity contribution in [2.75, 3.05) is 39.6 Å². The van der Waals surface area contributed by atoms with E-state index in [9.17, 15) is 43.5 Å². The van der Waals surface area contributed by atoms with E-state index in [1.807, 2.05) is 0 Å². The number of unbranched alkanes of at least 4 members (excludes halogenated alkanes) is 43. The van der Waals surface area contributed by atoms with Crippen LogP contribution >= 0.6 is 15.6 Å². The second-order valence-electron chi connectivity index (χ2n) is 31.1. The van der Waals surface area contributed by atoms with Crippen LogP contribution in [-0.4, -0.2) is 95.9 Å². The highest BCUT2D eigenvalue weighted by Crippen LogP contribution is 2.45. The predicted octanol–water partition coefficient (Wildman–Crippen LogP) is 28.6. The van der Waals surface area contributed by atoms with Crippen molar-refractivity contribution >= 4 is 33.6 Å². The summed E-state index contributed by atoms with van der Waals surface area (Å²) < 4.78 is 61.3. The third-order valence-corrected chi connectivity index (χ3v) is 21.7. The summed E-state index contributed by atoms with van der Waals surface area (Å²) in [4.78, 5) is 58.8. The maximum atomic E-state index is 13.0. The van der Waals surface area contributed by atoms with Gasteiger partial charge in [-0.25, -0.2) is 9.13 Å². The molecule has 18 heteroatoms. The maximum absolute atomic E-state index is 13.0. The fourth-order valence-corrected chi connectivity index (χ4v) is 14.4. The van der Waals surface area contributed by atoms with Crippen LogP contribution < -0.4 is 0 Å². The first-order valence-electron chi connectivity index (χ1n) is 46.5. The summed E-state index contributed by atoms with van der Waals surface area (Å²) >= 11 is 0. The molecule has 5 atom stereocenters. The third kappa shape index (κ3) is 90.3. The molecule has 16 nitrogen and oxygen atoms in total. The van der Waals surface area contributed by atoms with Gasteiger partial charge in [0.1, 0.15) is 25.4 Å². The highest BCUT2D eigenvalue weighted by Gasteiger charge is 2.29. The van der Waals surface area contributed by atoms with Gasteiger partial charge in [-0.1, -0.05) is 386 Å². The summed E-state index contributed by atoms with van der Waals surface area (Å²) in [5.41, 5.74) is 0. The fraction of sp³-hybridized carbons (Fsp3) is 0.742. The van der Waals surface area contributed by atoms with Crippen molar-refractivity contribution in [3.63, 3.8) is 0 Å². The molecule has 0 aliphatic carbocycles. The van der Waals surface area contributed by atoms with Crippen molar-refractivity contribution < 1.29 is 75.8 Å². The number of hydrogen-bond donors (Lipinski definition) is 4. The molecule has 0 rings (SSSR count). The molecule has 0 heterocycles. The van der Waals surface area contributed by atoms with Crippen molar-refractivity contribution in [2.24, 2.45) is 0 Å². The van der Waals surface area contributed by atoms with E-state index in [4.69, 9.17) is 32.3 Å². The quantitative estimate of drug-likeness (QED) is 0.0146. The second kappa shape index (κ2) is 89.0. The second-order valence-corrected chi connectivity index (χ2v) is 34.0. The number of phosphoric ester groups is 2. The molecule has 0 aliphatic rings. The number of esters is 3. The van der Waals surface area contributed by atoms with Crippen LogP contribution in [0.4, 0.5) is 0 Å². The first-order chi connectivity index (χ1) is 56.2. The summed E-state index contributed by atoms with van der Waals surface area (Å²) in [5, 5.41) is 20.7. The molecule has 0 saturated carbocycles. The minimum atomic E-state index is -4.93. The predicted molar refractivity (Wildman–Crippen MR) is 482 cm³/mol. The molecular formula is C97H170O16P2. The minimum Gasteiger partial charge on any atom is -0.463 e. The van der Waals surface area contributed by atoms with E-state index < -0.39 is 91.5 Å². The van der Waals surface area contributed by atoms with Crippen LogP contribution in [0.2, 0.25) is 0 Å². The largest absolute Gasteiger partial charge is 0.472 e. The van der Waals surface area contributed by atoms with E-state index in [0.29, 0.717) is 19.3 Å². The van der Waals surface area contributed by atoms with Gasteiger partial charge in [-0.3, -0.25) is 32.5 Å². The Labute approximate surface area is 703 Å². The smallest absolute Gasteiger partial charge is 0.463 e. The van der Waals surface area contributed by atoms with Gasteiger partial charge in [0, 0.05) is 19.3 Å². The Morgan fingerprint density at radius 2 is 0.470 bits per heavy atom. The van der Waals surface area contributed by atoms with E-state index in [1.54, 1.807) is 0 Å². The lowest BCUT2D eigenvalue weighted by molar-refractivity contribution is -0.161. The minimum absolute atomic E-state index is 0.0941. The van der Waals surface area contributed by atoms with E-state index in [1.165, 1.54) is 205 Å². The van der Waals surface area contributed by atoms with Crippen molar-refractivity contribution in [3.05, 3.63) is 134 Å². The summed E-state index contributed by atoms with van der Waals surface area (Å²) in [6, 6.07) is 0. The molecule has 4 N–H and O–H groups in total. The standard InChI is InChI=1S/C97H170O16P2/c1-4-7-10-13-16-19-22-24-26-28-30-32-34-36-38-40-42-44-45-47-49-50-52-54-56-58-60-62-64-66-69-71-74-77-80-83-95(100)107-86-92(98)87-109-114(103,104)110-88-93(99)89-111-115(105,106)112-91-94(113-97(102)85-82-79-76-73-68-21-18-15-12-9-6-3)90-108-96(101)84-81-78-75-72-70-67-65-63-61-59-57-55-53-51-48-46-43-41-39-37-35-33-31-29-27-25-23-20-17-14-11-8-5-2/h8,11,15-20,24-27,30-33,36-39,43,46,92-94,98-99H,4-7,9-10,12-14,21-23,28-29,34-35,40-42,44-45,47-91H2,1-3H3,(H,103,104)(H,105,106)/b11-8-,18-15-,19-16-,20-17-,26-24-,27-25-,32-30-,33-31-,38-36-,39-37-,46-43-.